The summed E-state index contributed by atoms with van der Waals surface area (Å²) in [7, 11) is 1.68. The fraction of sp³-hybridized carbons (Fsp3) is 0.312. The van der Waals surface area contributed by atoms with Crippen LogP contribution in [0.4, 0.5) is 0 Å². The molecule has 1 aromatic carbocycles. The van der Waals surface area contributed by atoms with Crippen molar-refractivity contribution in [3.05, 3.63) is 47.5 Å². The summed E-state index contributed by atoms with van der Waals surface area (Å²) in [6.07, 6.45) is 4.71. The molecule has 1 heterocycles. The van der Waals surface area contributed by atoms with Crippen LogP contribution in [0.5, 0.6) is 5.75 Å². The topological polar surface area (TPSA) is 53.1 Å². The summed E-state index contributed by atoms with van der Waals surface area (Å²) in [5, 5.41) is 0. The Balaban J connectivity index is 2.33. The Labute approximate surface area is 119 Å². The summed E-state index contributed by atoms with van der Waals surface area (Å²) in [6.45, 7) is 3.19. The lowest BCUT2D eigenvalue weighted by atomic mass is 10.1. The third-order valence-corrected chi connectivity index (χ3v) is 3.07. The van der Waals surface area contributed by atoms with Gasteiger partial charge < -0.3 is 15.0 Å². The number of benzene rings is 1. The van der Waals surface area contributed by atoms with Crippen molar-refractivity contribution in [3.8, 4) is 17.6 Å². The molecule has 0 aliphatic heterocycles. The summed E-state index contributed by atoms with van der Waals surface area (Å²) in [6, 6.07) is 5.93. The lowest BCUT2D eigenvalue weighted by molar-refractivity contribution is 0.408. The van der Waals surface area contributed by atoms with Gasteiger partial charge in [-0.25, -0.2) is 4.98 Å². The van der Waals surface area contributed by atoms with Gasteiger partial charge in [-0.15, -0.1) is 0 Å². The van der Waals surface area contributed by atoms with E-state index >= 15 is 0 Å². The molecule has 0 bridgehead atoms. The second-order valence-electron chi connectivity index (χ2n) is 4.36. The standard InChI is InChI=1S/C16H19N3O/c1-3-16-18-9-10-19(16)12-14-11-13(5-4-8-17)6-7-15(14)20-2/h6-7,9-11H,3,8,12,17H2,1-2H3. The number of nitrogens with zero attached hydrogens (tertiary/aromatic N) is 2. The highest BCUT2D eigenvalue weighted by Crippen LogP contribution is 2.21. The van der Waals surface area contributed by atoms with Gasteiger partial charge in [0, 0.05) is 29.9 Å². The van der Waals surface area contributed by atoms with Crippen molar-refractivity contribution < 1.29 is 4.74 Å². The third kappa shape index (κ3) is 3.19. The quantitative estimate of drug-likeness (QED) is 0.861. The molecule has 0 amide bonds. The minimum atomic E-state index is 0.364. The van der Waals surface area contributed by atoms with E-state index in [1.807, 2.05) is 30.6 Å². The van der Waals surface area contributed by atoms with E-state index in [0.29, 0.717) is 6.54 Å². The van der Waals surface area contributed by atoms with Crippen LogP contribution in [0.15, 0.2) is 30.6 Å². The van der Waals surface area contributed by atoms with E-state index in [2.05, 4.69) is 28.3 Å². The fourth-order valence-corrected chi connectivity index (χ4v) is 2.11. The number of rotatable bonds is 4. The van der Waals surface area contributed by atoms with Crippen molar-refractivity contribution in [1.29, 1.82) is 0 Å². The minimum absolute atomic E-state index is 0.364. The number of aromatic nitrogens is 2. The maximum atomic E-state index is 5.42. The molecule has 4 heteroatoms. The van der Waals surface area contributed by atoms with Gasteiger partial charge in [0.1, 0.15) is 11.6 Å². The van der Waals surface area contributed by atoms with Crippen LogP contribution in [0.25, 0.3) is 0 Å². The Hall–Kier alpha value is -2.25. The maximum absolute atomic E-state index is 5.42. The molecule has 0 atom stereocenters. The molecule has 2 rings (SSSR count). The van der Waals surface area contributed by atoms with E-state index in [-0.39, 0.29) is 0 Å². The van der Waals surface area contributed by atoms with Crippen molar-refractivity contribution in [1.82, 2.24) is 9.55 Å². The summed E-state index contributed by atoms with van der Waals surface area (Å²) < 4.78 is 7.54. The molecular weight excluding hydrogens is 250 g/mol. The summed E-state index contributed by atoms with van der Waals surface area (Å²) in [5.41, 5.74) is 7.44. The Morgan fingerprint density at radius 3 is 2.95 bits per heavy atom. The van der Waals surface area contributed by atoms with Gasteiger partial charge in [-0.05, 0) is 18.2 Å². The van der Waals surface area contributed by atoms with Crippen LogP contribution >= 0.6 is 0 Å². The molecular formula is C16H19N3O. The predicted octanol–water partition coefficient (Wildman–Crippen LogP) is 1.81. The minimum Gasteiger partial charge on any atom is -0.496 e. The van der Waals surface area contributed by atoms with Gasteiger partial charge in [-0.3, -0.25) is 0 Å². The van der Waals surface area contributed by atoms with Crippen LogP contribution in [0, 0.1) is 11.8 Å². The number of aryl methyl sites for hydroxylation is 1. The van der Waals surface area contributed by atoms with Gasteiger partial charge in [0.2, 0.25) is 0 Å². The number of nitrogens with two attached hydrogens (primary N) is 1. The zero-order valence-corrected chi connectivity index (χ0v) is 11.9. The fourth-order valence-electron chi connectivity index (χ4n) is 2.11. The van der Waals surface area contributed by atoms with Crippen LogP contribution in [-0.4, -0.2) is 23.2 Å². The Morgan fingerprint density at radius 2 is 2.25 bits per heavy atom. The number of imidazole rings is 1. The van der Waals surface area contributed by atoms with Crippen LogP contribution < -0.4 is 10.5 Å². The van der Waals surface area contributed by atoms with Crippen molar-refractivity contribution in [2.75, 3.05) is 13.7 Å². The number of hydrogen-bond donors (Lipinski definition) is 1. The molecule has 20 heavy (non-hydrogen) atoms. The van der Waals surface area contributed by atoms with E-state index in [9.17, 15) is 0 Å². The molecule has 2 aromatic rings. The van der Waals surface area contributed by atoms with Crippen molar-refractivity contribution in [2.24, 2.45) is 5.73 Å². The number of ether oxygens (including phenoxy) is 1. The highest BCUT2D eigenvalue weighted by Gasteiger charge is 2.07. The summed E-state index contributed by atoms with van der Waals surface area (Å²) >= 11 is 0. The first-order valence-electron chi connectivity index (χ1n) is 6.64. The largest absolute Gasteiger partial charge is 0.496 e. The average molecular weight is 269 g/mol. The van der Waals surface area contributed by atoms with Crippen LogP contribution in [-0.2, 0) is 13.0 Å². The Morgan fingerprint density at radius 1 is 1.40 bits per heavy atom. The van der Waals surface area contributed by atoms with Gasteiger partial charge >= 0.3 is 0 Å². The molecule has 1 aromatic heterocycles. The number of methoxy groups -OCH3 is 1. The van der Waals surface area contributed by atoms with E-state index in [1.165, 1.54) is 0 Å². The first kappa shape index (κ1) is 14.2. The SMILES string of the molecule is CCc1nccn1Cc1cc(C#CCN)ccc1OC. The van der Waals surface area contributed by atoms with E-state index in [1.54, 1.807) is 7.11 Å². The normalized spacial score (nSPS) is 9.95. The van der Waals surface area contributed by atoms with E-state index in [4.69, 9.17) is 10.5 Å². The van der Waals surface area contributed by atoms with E-state index < -0.39 is 0 Å². The molecule has 104 valence electrons. The van der Waals surface area contributed by atoms with Gasteiger partial charge in [-0.2, -0.15) is 0 Å². The molecule has 4 nitrogen and oxygen atoms in total. The molecule has 0 aliphatic rings. The first-order chi connectivity index (χ1) is 9.78. The number of hydrogen-bond acceptors (Lipinski definition) is 3. The van der Waals surface area contributed by atoms with Gasteiger partial charge in [0.05, 0.1) is 20.2 Å². The highest BCUT2D eigenvalue weighted by atomic mass is 16.5. The van der Waals surface area contributed by atoms with Crippen LogP contribution in [0.3, 0.4) is 0 Å². The highest BCUT2D eigenvalue weighted by molar-refractivity contribution is 5.44. The molecule has 0 fully saturated rings. The Bertz CT molecular complexity index is 635. The summed E-state index contributed by atoms with van der Waals surface area (Å²) in [4.78, 5) is 4.34. The monoisotopic (exact) mass is 269 g/mol. The molecule has 2 N–H and O–H groups in total. The molecule has 0 saturated heterocycles. The molecule has 0 saturated carbocycles. The average Bonchev–Trinajstić information content (AvgIpc) is 2.92. The zero-order chi connectivity index (χ0) is 14.4. The van der Waals surface area contributed by atoms with Crippen molar-refractivity contribution >= 4 is 0 Å². The third-order valence-electron chi connectivity index (χ3n) is 3.07. The molecule has 0 unspecified atom stereocenters. The van der Waals surface area contributed by atoms with Crippen LogP contribution in [0.2, 0.25) is 0 Å². The van der Waals surface area contributed by atoms with Crippen molar-refractivity contribution in [2.45, 2.75) is 19.9 Å². The van der Waals surface area contributed by atoms with Gasteiger partial charge in [0.15, 0.2) is 0 Å². The lowest BCUT2D eigenvalue weighted by Gasteiger charge is -2.11. The molecule has 0 spiro atoms. The van der Waals surface area contributed by atoms with Crippen LogP contribution in [0.1, 0.15) is 23.9 Å². The smallest absolute Gasteiger partial charge is 0.123 e. The molecule has 0 aliphatic carbocycles. The molecule has 0 radical (unpaired) electrons. The zero-order valence-electron chi connectivity index (χ0n) is 11.9. The first-order valence-corrected chi connectivity index (χ1v) is 6.64. The van der Waals surface area contributed by atoms with Crippen molar-refractivity contribution in [3.63, 3.8) is 0 Å². The second-order valence-corrected chi connectivity index (χ2v) is 4.36. The predicted molar refractivity (Wildman–Crippen MR) is 79.6 cm³/mol. The second kappa shape index (κ2) is 6.78. The van der Waals surface area contributed by atoms with E-state index in [0.717, 1.165) is 35.7 Å². The lowest BCUT2D eigenvalue weighted by Crippen LogP contribution is -2.05. The summed E-state index contributed by atoms with van der Waals surface area (Å²) in [5.74, 6) is 7.84. The Kier molecular flexibility index (Phi) is 4.80. The van der Waals surface area contributed by atoms with Gasteiger partial charge in [0.25, 0.3) is 0 Å². The van der Waals surface area contributed by atoms with Gasteiger partial charge in [-0.1, -0.05) is 18.8 Å². The maximum Gasteiger partial charge on any atom is 0.123 e.